The van der Waals surface area contributed by atoms with E-state index in [2.05, 4.69) is 115 Å². The van der Waals surface area contributed by atoms with Crippen molar-refractivity contribution in [2.24, 2.45) is 0 Å². The van der Waals surface area contributed by atoms with Crippen molar-refractivity contribution in [3.63, 3.8) is 0 Å². The first-order valence-corrected chi connectivity index (χ1v) is 27.4. The third kappa shape index (κ3) is 37.9. The second-order valence-corrected chi connectivity index (χ2v) is 18.4. The van der Waals surface area contributed by atoms with Crippen molar-refractivity contribution >= 4 is 16.4 Å². The zero-order valence-electron chi connectivity index (χ0n) is 41.9. The highest BCUT2D eigenvalue weighted by atomic mass is 32.3. The number of aliphatic hydroxyl groups is 3. The van der Waals surface area contributed by atoms with Gasteiger partial charge in [-0.05, 0) is 89.9 Å². The molecule has 13 heteroatoms. The standard InChI is InChI=1S/C55H92O12S/c1-3-5-7-9-11-13-15-17-19-21-23-25-26-28-30-32-34-36-38-40-42-44-51(57)65-49(48-64-55-53(59)54(67-68(60,61)62)52(58)50(46-56)66-55)47-63-45-43-41-39-37-35-33-31-29-27-24-22-20-18-16-14-12-10-8-6-4-2/h5-8,11-14,17-20,23-25,27,49-50,52-56,58-59H,3-4,9-10,15-16,21-22,26,28-48H2,1-2H3,(H,60,61,62)/b7-5-,8-6-,13-11-,14-12-,19-17-,20-18-,25-23-,27-24-. The topological polar surface area (TPSA) is 178 Å². The third-order valence-corrected chi connectivity index (χ3v) is 11.7. The molecule has 1 aliphatic rings. The summed E-state index contributed by atoms with van der Waals surface area (Å²) < 4.78 is 59.3. The first-order chi connectivity index (χ1) is 33.1. The lowest BCUT2D eigenvalue weighted by Gasteiger charge is -2.41. The summed E-state index contributed by atoms with van der Waals surface area (Å²) in [5.74, 6) is -0.415. The second kappa shape index (κ2) is 45.2. The minimum absolute atomic E-state index is 0.0190. The second-order valence-electron chi connectivity index (χ2n) is 17.3. The molecule has 0 aromatic heterocycles. The molecule has 4 N–H and O–H groups in total. The molecule has 0 radical (unpaired) electrons. The van der Waals surface area contributed by atoms with Gasteiger partial charge < -0.3 is 34.3 Å². The Balaban J connectivity index is 2.38. The molecule has 12 nitrogen and oxygen atoms in total. The van der Waals surface area contributed by atoms with Crippen LogP contribution in [0, 0.1) is 0 Å². The number of rotatable bonds is 44. The molecule has 0 spiro atoms. The Morgan fingerprint density at radius 2 is 0.971 bits per heavy atom. The summed E-state index contributed by atoms with van der Waals surface area (Å²) in [6.07, 6.45) is 52.9. The molecule has 6 atom stereocenters. The number of esters is 1. The van der Waals surface area contributed by atoms with E-state index in [4.69, 9.17) is 18.9 Å². The molecule has 1 rings (SSSR count). The highest BCUT2D eigenvalue weighted by molar-refractivity contribution is 7.80. The molecule has 0 aromatic rings. The van der Waals surface area contributed by atoms with E-state index in [1.807, 2.05) is 0 Å². The maximum Gasteiger partial charge on any atom is 0.397 e. The zero-order chi connectivity index (χ0) is 49.6. The Kier molecular flexibility index (Phi) is 41.9. The van der Waals surface area contributed by atoms with Gasteiger partial charge in [0.2, 0.25) is 0 Å². The molecule has 1 aliphatic heterocycles. The van der Waals surface area contributed by atoms with Gasteiger partial charge in [0, 0.05) is 13.0 Å². The van der Waals surface area contributed by atoms with E-state index in [0.29, 0.717) is 13.0 Å². The van der Waals surface area contributed by atoms with Gasteiger partial charge in [-0.15, -0.1) is 0 Å². The van der Waals surface area contributed by atoms with E-state index in [1.165, 1.54) is 44.9 Å². The lowest BCUT2D eigenvalue weighted by atomic mass is 9.99. The van der Waals surface area contributed by atoms with Crippen LogP contribution in [0.4, 0.5) is 0 Å². The molecule has 0 amide bonds. The lowest BCUT2D eigenvalue weighted by Crippen LogP contribution is -2.60. The Bertz CT molecular complexity index is 1550. The number of hydrogen-bond donors (Lipinski definition) is 4. The Morgan fingerprint density at radius 1 is 0.559 bits per heavy atom. The van der Waals surface area contributed by atoms with Crippen molar-refractivity contribution in [3.05, 3.63) is 97.2 Å². The van der Waals surface area contributed by atoms with Gasteiger partial charge in [-0.25, -0.2) is 4.18 Å². The van der Waals surface area contributed by atoms with Crippen LogP contribution in [0.2, 0.25) is 0 Å². The first kappa shape index (κ1) is 63.0. The van der Waals surface area contributed by atoms with Gasteiger partial charge in [0.25, 0.3) is 0 Å². The van der Waals surface area contributed by atoms with Crippen LogP contribution < -0.4 is 0 Å². The summed E-state index contributed by atoms with van der Waals surface area (Å²) in [6.45, 7) is 3.72. The normalized spacial score (nSPS) is 20.1. The smallest absolute Gasteiger partial charge is 0.397 e. The van der Waals surface area contributed by atoms with Crippen LogP contribution in [0.15, 0.2) is 97.2 Å². The summed E-state index contributed by atoms with van der Waals surface area (Å²) in [7, 11) is -5.07. The number of carbonyl (C=O) groups is 1. The molecular formula is C55H92O12S. The average Bonchev–Trinajstić information content (AvgIpc) is 3.31. The maximum absolute atomic E-state index is 12.9. The van der Waals surface area contributed by atoms with Crippen molar-refractivity contribution in [2.75, 3.05) is 26.4 Å². The largest absolute Gasteiger partial charge is 0.457 e. The molecule has 0 aromatic carbocycles. The van der Waals surface area contributed by atoms with Crippen LogP contribution in [-0.2, 0) is 38.3 Å². The summed E-state index contributed by atoms with van der Waals surface area (Å²) in [6, 6.07) is 0. The number of aliphatic hydroxyl groups excluding tert-OH is 3. The van der Waals surface area contributed by atoms with Crippen molar-refractivity contribution < 1.29 is 56.2 Å². The van der Waals surface area contributed by atoms with Gasteiger partial charge in [0.15, 0.2) is 6.29 Å². The molecular weight excluding hydrogens is 885 g/mol. The van der Waals surface area contributed by atoms with Crippen LogP contribution >= 0.6 is 0 Å². The summed E-state index contributed by atoms with van der Waals surface area (Å²) in [4.78, 5) is 12.9. The van der Waals surface area contributed by atoms with E-state index >= 15 is 0 Å². The fourth-order valence-electron chi connectivity index (χ4n) is 7.36. The van der Waals surface area contributed by atoms with Gasteiger partial charge in [-0.2, -0.15) is 8.42 Å². The maximum atomic E-state index is 12.9. The summed E-state index contributed by atoms with van der Waals surface area (Å²) in [5.41, 5.74) is 0. The summed E-state index contributed by atoms with van der Waals surface area (Å²) >= 11 is 0. The zero-order valence-corrected chi connectivity index (χ0v) is 42.7. The highest BCUT2D eigenvalue weighted by Gasteiger charge is 2.48. The molecule has 1 heterocycles. The molecule has 6 unspecified atom stereocenters. The predicted octanol–water partition coefficient (Wildman–Crippen LogP) is 12.2. The number of carbonyl (C=O) groups excluding carboxylic acids is 1. The third-order valence-electron chi connectivity index (χ3n) is 11.2. The van der Waals surface area contributed by atoms with Gasteiger partial charge in [0.1, 0.15) is 30.5 Å². The Labute approximate surface area is 412 Å². The Hall–Kier alpha value is -2.98. The van der Waals surface area contributed by atoms with E-state index < -0.39 is 59.8 Å². The molecule has 390 valence electrons. The van der Waals surface area contributed by atoms with Gasteiger partial charge >= 0.3 is 16.4 Å². The van der Waals surface area contributed by atoms with Gasteiger partial charge in [-0.1, -0.05) is 182 Å². The molecule has 1 fully saturated rings. The number of ether oxygens (including phenoxy) is 4. The van der Waals surface area contributed by atoms with Crippen LogP contribution in [0.25, 0.3) is 0 Å². The molecule has 0 aliphatic carbocycles. The fourth-order valence-corrected chi connectivity index (χ4v) is 7.87. The van der Waals surface area contributed by atoms with Crippen molar-refractivity contribution in [2.45, 2.75) is 218 Å². The number of hydrogen-bond acceptors (Lipinski definition) is 11. The van der Waals surface area contributed by atoms with Gasteiger partial charge in [-0.3, -0.25) is 9.35 Å². The van der Waals surface area contributed by atoms with Crippen molar-refractivity contribution in [3.8, 4) is 0 Å². The van der Waals surface area contributed by atoms with E-state index in [0.717, 1.165) is 109 Å². The highest BCUT2D eigenvalue weighted by Crippen LogP contribution is 2.26. The first-order valence-electron chi connectivity index (χ1n) is 26.0. The minimum atomic E-state index is -5.07. The van der Waals surface area contributed by atoms with Crippen molar-refractivity contribution in [1.29, 1.82) is 0 Å². The predicted molar refractivity (Wildman–Crippen MR) is 275 cm³/mol. The average molecular weight is 977 g/mol. The number of allylic oxidation sites excluding steroid dienone is 16. The molecule has 68 heavy (non-hydrogen) atoms. The minimum Gasteiger partial charge on any atom is -0.457 e. The molecule has 1 saturated heterocycles. The molecule has 0 saturated carbocycles. The Morgan fingerprint density at radius 3 is 1.41 bits per heavy atom. The van der Waals surface area contributed by atoms with Crippen LogP contribution in [0.5, 0.6) is 0 Å². The van der Waals surface area contributed by atoms with Crippen LogP contribution in [0.1, 0.15) is 181 Å². The quantitative estimate of drug-likeness (QED) is 0.0197. The van der Waals surface area contributed by atoms with E-state index in [1.54, 1.807) is 0 Å². The number of unbranched alkanes of at least 4 members (excludes halogenated alkanes) is 15. The van der Waals surface area contributed by atoms with Crippen LogP contribution in [0.3, 0.4) is 0 Å². The van der Waals surface area contributed by atoms with Crippen molar-refractivity contribution in [1.82, 2.24) is 0 Å². The monoisotopic (exact) mass is 977 g/mol. The van der Waals surface area contributed by atoms with E-state index in [9.17, 15) is 33.1 Å². The summed E-state index contributed by atoms with van der Waals surface area (Å²) in [5, 5.41) is 30.8. The SMILES string of the molecule is CC/C=C\C/C=C\C/C=C\C/C=C\CCCCCCCCCCC(=O)OC(COCCCCCCCCC/C=C\C/C=C\C/C=C\C/C=C\CC)COC1OC(CO)C(O)C(OS(=O)(=O)O)C1O. The molecule has 0 bridgehead atoms. The van der Waals surface area contributed by atoms with Crippen LogP contribution in [-0.4, -0.2) is 97.5 Å². The van der Waals surface area contributed by atoms with Gasteiger partial charge in [0.05, 0.1) is 19.8 Å². The lowest BCUT2D eigenvalue weighted by molar-refractivity contribution is -0.301. The van der Waals surface area contributed by atoms with E-state index in [-0.39, 0.29) is 19.6 Å². The fraction of sp³-hybridized carbons (Fsp3) is 0.691.